The van der Waals surface area contributed by atoms with Crippen LogP contribution in [0.15, 0.2) is 84.9 Å². The topological polar surface area (TPSA) is 52.0 Å². The number of anilines is 2. The zero-order valence-electron chi connectivity index (χ0n) is 31.1. The first-order valence-electron chi connectivity index (χ1n) is 19.9. The van der Waals surface area contributed by atoms with E-state index in [-0.39, 0.29) is 0 Å². The van der Waals surface area contributed by atoms with Crippen LogP contribution in [0.1, 0.15) is 155 Å². The van der Waals surface area contributed by atoms with Gasteiger partial charge < -0.3 is 11.5 Å². The van der Waals surface area contributed by atoms with Gasteiger partial charge in [0.15, 0.2) is 0 Å². The van der Waals surface area contributed by atoms with Gasteiger partial charge in [-0.2, -0.15) is 0 Å². The number of rotatable bonds is 24. The van der Waals surface area contributed by atoms with Crippen LogP contribution in [-0.4, -0.2) is 0 Å². The molecule has 0 heterocycles. The van der Waals surface area contributed by atoms with Crippen LogP contribution in [0.3, 0.4) is 0 Å². The van der Waals surface area contributed by atoms with Crippen LogP contribution in [0, 0.1) is 0 Å². The van der Waals surface area contributed by atoms with Gasteiger partial charge in [-0.1, -0.05) is 145 Å². The predicted molar refractivity (Wildman–Crippen MR) is 216 cm³/mol. The van der Waals surface area contributed by atoms with E-state index in [1.54, 1.807) is 22.3 Å². The van der Waals surface area contributed by atoms with E-state index in [1.165, 1.54) is 144 Å². The minimum atomic E-state index is 0.838. The van der Waals surface area contributed by atoms with Crippen LogP contribution < -0.4 is 11.5 Å². The summed E-state index contributed by atoms with van der Waals surface area (Å²) in [6.07, 6.45) is 26.8. The Morgan fingerprint density at radius 3 is 1.00 bits per heavy atom. The monoisotopic (exact) mass is 659 g/mol. The number of benzene rings is 4. The summed E-state index contributed by atoms with van der Waals surface area (Å²) in [5.74, 6) is 0. The molecule has 264 valence electrons. The molecule has 0 spiro atoms. The molecule has 0 amide bonds. The average molecular weight is 659 g/mol. The lowest BCUT2D eigenvalue weighted by molar-refractivity contribution is 0.605. The number of aryl methyl sites for hydroxylation is 4. The summed E-state index contributed by atoms with van der Waals surface area (Å²) in [6, 6.07) is 31.4. The van der Waals surface area contributed by atoms with Crippen molar-refractivity contribution in [3.63, 3.8) is 0 Å². The molecule has 4 aromatic carbocycles. The van der Waals surface area contributed by atoms with Gasteiger partial charge in [-0.3, -0.25) is 0 Å². The zero-order chi connectivity index (χ0) is 34.5. The maximum atomic E-state index is 5.93. The van der Waals surface area contributed by atoms with Crippen molar-refractivity contribution in [2.24, 2.45) is 0 Å². The first-order chi connectivity index (χ1) is 24.0. The third kappa shape index (κ3) is 14.5. The number of hydrogen-bond acceptors (Lipinski definition) is 2. The van der Waals surface area contributed by atoms with Crippen molar-refractivity contribution in [1.29, 1.82) is 0 Å². The van der Waals surface area contributed by atoms with E-state index in [2.05, 4.69) is 74.5 Å². The third-order valence-electron chi connectivity index (χ3n) is 10.3. The number of nitrogens with two attached hydrogens (primary N) is 2. The maximum Gasteiger partial charge on any atom is 0.0314 e. The standard InChI is InChI=1S/C47H66N2/c1-3-5-7-10-16-20-44-36-40(34-38-24-30-46(48)31-25-38)22-28-42(44)18-14-12-9-13-15-19-43-29-23-41(35-39-26-32-47(49)33-27-39)37-45(43)21-17-11-8-6-4-2/h22-33,36-37H,3-21,34-35,48-49H2,1-2H3. The van der Waals surface area contributed by atoms with E-state index in [4.69, 9.17) is 11.5 Å². The average Bonchev–Trinajstić information content (AvgIpc) is 3.11. The number of nitrogen functional groups attached to an aromatic ring is 2. The van der Waals surface area contributed by atoms with Gasteiger partial charge in [0.25, 0.3) is 0 Å². The van der Waals surface area contributed by atoms with Crippen LogP contribution in [0.25, 0.3) is 0 Å². The molecule has 0 radical (unpaired) electrons. The highest BCUT2D eigenvalue weighted by molar-refractivity contribution is 5.43. The quantitative estimate of drug-likeness (QED) is 0.0581. The van der Waals surface area contributed by atoms with Crippen LogP contribution in [0.4, 0.5) is 11.4 Å². The van der Waals surface area contributed by atoms with Gasteiger partial charge in [0, 0.05) is 11.4 Å². The van der Waals surface area contributed by atoms with E-state index < -0.39 is 0 Å². The molecule has 49 heavy (non-hydrogen) atoms. The Morgan fingerprint density at radius 1 is 0.327 bits per heavy atom. The Bertz CT molecular complexity index is 1350. The fourth-order valence-electron chi connectivity index (χ4n) is 7.27. The van der Waals surface area contributed by atoms with Crippen molar-refractivity contribution in [3.8, 4) is 0 Å². The highest BCUT2D eigenvalue weighted by Crippen LogP contribution is 2.24. The van der Waals surface area contributed by atoms with Crippen molar-refractivity contribution in [3.05, 3.63) is 129 Å². The first-order valence-corrected chi connectivity index (χ1v) is 19.9. The molecule has 0 saturated heterocycles. The molecule has 4 aromatic rings. The van der Waals surface area contributed by atoms with E-state index >= 15 is 0 Å². The molecular weight excluding hydrogens is 593 g/mol. The van der Waals surface area contributed by atoms with Gasteiger partial charge in [-0.05, 0) is 133 Å². The molecule has 0 unspecified atom stereocenters. The summed E-state index contributed by atoms with van der Waals surface area (Å²) in [4.78, 5) is 0. The molecule has 2 heteroatoms. The Balaban J connectivity index is 1.26. The van der Waals surface area contributed by atoms with E-state index in [0.29, 0.717) is 0 Å². The molecule has 2 nitrogen and oxygen atoms in total. The lowest BCUT2D eigenvalue weighted by atomic mass is 9.92. The van der Waals surface area contributed by atoms with Crippen molar-refractivity contribution in [2.45, 2.75) is 149 Å². The largest absolute Gasteiger partial charge is 0.399 e. The summed E-state index contributed by atoms with van der Waals surface area (Å²) in [7, 11) is 0. The van der Waals surface area contributed by atoms with Gasteiger partial charge >= 0.3 is 0 Å². The molecule has 0 atom stereocenters. The molecule has 0 aliphatic heterocycles. The van der Waals surface area contributed by atoms with Crippen LogP contribution in [-0.2, 0) is 38.5 Å². The smallest absolute Gasteiger partial charge is 0.0314 e. The van der Waals surface area contributed by atoms with Gasteiger partial charge in [-0.25, -0.2) is 0 Å². The van der Waals surface area contributed by atoms with Crippen molar-refractivity contribution >= 4 is 11.4 Å². The van der Waals surface area contributed by atoms with Crippen molar-refractivity contribution < 1.29 is 0 Å². The molecule has 0 saturated carbocycles. The summed E-state index contributed by atoms with van der Waals surface area (Å²) >= 11 is 0. The maximum absolute atomic E-state index is 5.93. The summed E-state index contributed by atoms with van der Waals surface area (Å²) in [5, 5.41) is 0. The van der Waals surface area contributed by atoms with Crippen LogP contribution in [0.2, 0.25) is 0 Å². The fourth-order valence-corrected chi connectivity index (χ4v) is 7.27. The van der Waals surface area contributed by atoms with E-state index in [1.807, 2.05) is 24.3 Å². The van der Waals surface area contributed by atoms with Gasteiger partial charge in [0.2, 0.25) is 0 Å². The first kappa shape index (κ1) is 38.3. The third-order valence-corrected chi connectivity index (χ3v) is 10.3. The summed E-state index contributed by atoms with van der Waals surface area (Å²) < 4.78 is 0. The minimum absolute atomic E-state index is 0.838. The highest BCUT2D eigenvalue weighted by Gasteiger charge is 2.09. The Morgan fingerprint density at radius 2 is 0.633 bits per heavy atom. The van der Waals surface area contributed by atoms with E-state index in [0.717, 1.165) is 24.2 Å². The lowest BCUT2D eigenvalue weighted by Crippen LogP contribution is -2.00. The molecule has 0 fully saturated rings. The molecule has 4 N–H and O–H groups in total. The second kappa shape index (κ2) is 22.2. The Kier molecular flexibility index (Phi) is 17.4. The van der Waals surface area contributed by atoms with Gasteiger partial charge in [0.05, 0.1) is 0 Å². The second-order valence-corrected chi connectivity index (χ2v) is 14.6. The molecular formula is C47H66N2. The van der Waals surface area contributed by atoms with Crippen LogP contribution in [0.5, 0.6) is 0 Å². The molecule has 0 aliphatic carbocycles. The van der Waals surface area contributed by atoms with Gasteiger partial charge in [0.1, 0.15) is 0 Å². The van der Waals surface area contributed by atoms with Crippen molar-refractivity contribution in [2.75, 3.05) is 11.5 Å². The SMILES string of the molecule is CCCCCCCc1cc(Cc2ccc(N)cc2)ccc1CCCCCCCc1ccc(Cc2ccc(N)cc2)cc1CCCCCCC. The Hall–Kier alpha value is -3.52. The molecule has 0 aromatic heterocycles. The zero-order valence-corrected chi connectivity index (χ0v) is 31.1. The summed E-state index contributed by atoms with van der Waals surface area (Å²) in [6.45, 7) is 4.60. The fraction of sp³-hybridized carbons (Fsp3) is 0.489. The molecule has 0 aliphatic rings. The van der Waals surface area contributed by atoms with Gasteiger partial charge in [-0.15, -0.1) is 0 Å². The van der Waals surface area contributed by atoms with E-state index in [9.17, 15) is 0 Å². The number of hydrogen-bond donors (Lipinski definition) is 2. The second-order valence-electron chi connectivity index (χ2n) is 14.6. The summed E-state index contributed by atoms with van der Waals surface area (Å²) in [5.41, 5.74) is 25.4. The van der Waals surface area contributed by atoms with Crippen LogP contribution >= 0.6 is 0 Å². The minimum Gasteiger partial charge on any atom is -0.399 e. The van der Waals surface area contributed by atoms with Crippen molar-refractivity contribution in [1.82, 2.24) is 0 Å². The Labute approximate surface area is 300 Å². The predicted octanol–water partition coefficient (Wildman–Crippen LogP) is 12.8. The highest BCUT2D eigenvalue weighted by atomic mass is 14.5. The molecule has 0 bridgehead atoms. The lowest BCUT2D eigenvalue weighted by Gasteiger charge is -2.14. The molecule has 4 rings (SSSR count). The normalized spacial score (nSPS) is 11.3. The number of unbranched alkanes of at least 4 members (excludes halogenated alkanes) is 12.